The molecule has 0 N–H and O–H groups in total. The molecule has 2 rings (SSSR count). The van der Waals surface area contributed by atoms with Crippen molar-refractivity contribution in [2.75, 3.05) is 7.11 Å². The van der Waals surface area contributed by atoms with Gasteiger partial charge in [0.05, 0.1) is 11.3 Å². The van der Waals surface area contributed by atoms with Crippen LogP contribution in [-0.2, 0) is 11.2 Å². The highest BCUT2D eigenvalue weighted by molar-refractivity contribution is 6.34. The molecule has 5 heteroatoms. The third-order valence-electron chi connectivity index (χ3n) is 3.13. The first kappa shape index (κ1) is 13.2. The number of nitrogens with zero attached hydrogens (tertiary/aromatic N) is 3. The van der Waals surface area contributed by atoms with Crippen molar-refractivity contribution in [1.82, 2.24) is 15.2 Å². The number of hydrogen-bond donors (Lipinski definition) is 0. The zero-order valence-electron chi connectivity index (χ0n) is 10.8. The van der Waals surface area contributed by atoms with Crippen LogP contribution in [-0.4, -0.2) is 27.9 Å². The van der Waals surface area contributed by atoms with E-state index >= 15 is 0 Å². The van der Waals surface area contributed by atoms with Gasteiger partial charge < -0.3 is 4.74 Å². The number of ether oxygens (including phenoxy) is 1. The molecule has 2 aromatic heterocycles. The SMILES string of the molecule is COC(C)(C)CCc1nnc(Cl)c2ccncc12. The van der Waals surface area contributed by atoms with E-state index in [-0.39, 0.29) is 5.60 Å². The molecule has 0 saturated heterocycles. The molecule has 96 valence electrons. The second kappa shape index (κ2) is 5.16. The van der Waals surface area contributed by atoms with Crippen molar-refractivity contribution in [2.24, 2.45) is 0 Å². The minimum Gasteiger partial charge on any atom is -0.379 e. The molecule has 0 amide bonds. The van der Waals surface area contributed by atoms with E-state index in [0.717, 1.165) is 29.3 Å². The minimum atomic E-state index is -0.171. The molecular formula is C13H16ClN3O. The summed E-state index contributed by atoms with van der Waals surface area (Å²) in [6, 6.07) is 1.86. The van der Waals surface area contributed by atoms with Gasteiger partial charge in [-0.15, -0.1) is 5.10 Å². The second-order valence-electron chi connectivity index (χ2n) is 4.82. The third kappa shape index (κ3) is 2.76. The summed E-state index contributed by atoms with van der Waals surface area (Å²) >= 11 is 6.02. The van der Waals surface area contributed by atoms with Gasteiger partial charge in [0.2, 0.25) is 0 Å². The largest absolute Gasteiger partial charge is 0.379 e. The first-order chi connectivity index (χ1) is 8.53. The van der Waals surface area contributed by atoms with E-state index in [1.807, 2.05) is 6.07 Å². The van der Waals surface area contributed by atoms with Crippen molar-refractivity contribution in [2.45, 2.75) is 32.3 Å². The average Bonchev–Trinajstić information content (AvgIpc) is 2.38. The fourth-order valence-corrected chi connectivity index (χ4v) is 1.93. The normalized spacial score (nSPS) is 12.0. The molecule has 18 heavy (non-hydrogen) atoms. The molecule has 2 heterocycles. The number of methoxy groups -OCH3 is 1. The van der Waals surface area contributed by atoms with Crippen LogP contribution in [0.3, 0.4) is 0 Å². The van der Waals surface area contributed by atoms with E-state index in [9.17, 15) is 0 Å². The van der Waals surface area contributed by atoms with Gasteiger partial charge in [0, 0.05) is 30.3 Å². The van der Waals surface area contributed by atoms with Crippen LogP contribution in [0.15, 0.2) is 18.5 Å². The lowest BCUT2D eigenvalue weighted by Gasteiger charge is -2.22. The van der Waals surface area contributed by atoms with Crippen molar-refractivity contribution in [1.29, 1.82) is 0 Å². The number of fused-ring (bicyclic) bond motifs is 1. The fraction of sp³-hybridized carbons (Fsp3) is 0.462. The molecule has 0 saturated carbocycles. The Bertz CT molecular complexity index is 557. The molecule has 0 aromatic carbocycles. The molecule has 0 aliphatic heterocycles. The van der Waals surface area contributed by atoms with Gasteiger partial charge in [-0.2, -0.15) is 5.10 Å². The fourth-order valence-electron chi connectivity index (χ4n) is 1.72. The van der Waals surface area contributed by atoms with Crippen molar-refractivity contribution in [3.05, 3.63) is 29.3 Å². The lowest BCUT2D eigenvalue weighted by Crippen LogP contribution is -2.23. The van der Waals surface area contributed by atoms with Crippen LogP contribution in [0.1, 0.15) is 26.0 Å². The van der Waals surface area contributed by atoms with Crippen LogP contribution in [0.2, 0.25) is 5.15 Å². The summed E-state index contributed by atoms with van der Waals surface area (Å²) in [7, 11) is 1.72. The van der Waals surface area contributed by atoms with E-state index < -0.39 is 0 Å². The van der Waals surface area contributed by atoms with Crippen LogP contribution in [0, 0.1) is 0 Å². The average molecular weight is 266 g/mol. The van der Waals surface area contributed by atoms with E-state index in [1.54, 1.807) is 19.5 Å². The van der Waals surface area contributed by atoms with Crippen LogP contribution in [0.25, 0.3) is 10.8 Å². The first-order valence-corrected chi connectivity index (χ1v) is 6.21. The van der Waals surface area contributed by atoms with E-state index in [0.29, 0.717) is 5.15 Å². The third-order valence-corrected chi connectivity index (χ3v) is 3.41. The second-order valence-corrected chi connectivity index (χ2v) is 5.18. The molecule has 0 aliphatic carbocycles. The molecule has 4 nitrogen and oxygen atoms in total. The number of halogens is 1. The van der Waals surface area contributed by atoms with Gasteiger partial charge in [-0.05, 0) is 32.8 Å². The predicted octanol–water partition coefficient (Wildman–Crippen LogP) is 3.04. The maximum atomic E-state index is 6.02. The number of aromatic nitrogens is 3. The van der Waals surface area contributed by atoms with Crippen LogP contribution in [0.5, 0.6) is 0 Å². The van der Waals surface area contributed by atoms with Gasteiger partial charge in [0.15, 0.2) is 5.15 Å². The Balaban J connectivity index is 2.32. The zero-order valence-corrected chi connectivity index (χ0v) is 11.5. The molecule has 0 bridgehead atoms. The summed E-state index contributed by atoms with van der Waals surface area (Å²) in [5.74, 6) is 0. The van der Waals surface area contributed by atoms with Gasteiger partial charge in [0.25, 0.3) is 0 Å². The van der Waals surface area contributed by atoms with E-state index in [4.69, 9.17) is 16.3 Å². The highest BCUT2D eigenvalue weighted by atomic mass is 35.5. The van der Waals surface area contributed by atoms with Crippen LogP contribution in [0.4, 0.5) is 0 Å². The Morgan fingerprint density at radius 3 is 2.78 bits per heavy atom. The molecule has 2 aromatic rings. The Morgan fingerprint density at radius 2 is 2.06 bits per heavy atom. The highest BCUT2D eigenvalue weighted by Gasteiger charge is 2.18. The quantitative estimate of drug-likeness (QED) is 0.853. The Hall–Kier alpha value is -1.26. The summed E-state index contributed by atoms with van der Waals surface area (Å²) in [5, 5.41) is 10.4. The number of pyridine rings is 1. The maximum absolute atomic E-state index is 6.02. The molecule has 0 radical (unpaired) electrons. The molecule has 0 unspecified atom stereocenters. The Kier molecular flexibility index (Phi) is 3.78. The number of hydrogen-bond acceptors (Lipinski definition) is 4. The van der Waals surface area contributed by atoms with Crippen molar-refractivity contribution >= 4 is 22.4 Å². The summed E-state index contributed by atoms with van der Waals surface area (Å²) < 4.78 is 5.41. The molecule has 0 spiro atoms. The minimum absolute atomic E-state index is 0.171. The van der Waals surface area contributed by atoms with Gasteiger partial charge in [-0.3, -0.25) is 4.98 Å². The maximum Gasteiger partial charge on any atom is 0.159 e. The van der Waals surface area contributed by atoms with Crippen molar-refractivity contribution < 1.29 is 4.74 Å². The van der Waals surface area contributed by atoms with Crippen LogP contribution >= 0.6 is 11.6 Å². The Morgan fingerprint density at radius 1 is 1.28 bits per heavy atom. The van der Waals surface area contributed by atoms with Gasteiger partial charge in [-0.25, -0.2) is 0 Å². The van der Waals surface area contributed by atoms with Gasteiger partial charge in [0.1, 0.15) is 0 Å². The summed E-state index contributed by atoms with van der Waals surface area (Å²) in [5.41, 5.74) is 0.739. The number of aryl methyl sites for hydroxylation is 1. The van der Waals surface area contributed by atoms with Crippen molar-refractivity contribution in [3.8, 4) is 0 Å². The van der Waals surface area contributed by atoms with Crippen molar-refractivity contribution in [3.63, 3.8) is 0 Å². The number of rotatable bonds is 4. The zero-order chi connectivity index (χ0) is 13.2. The smallest absolute Gasteiger partial charge is 0.159 e. The highest BCUT2D eigenvalue weighted by Crippen LogP contribution is 2.24. The van der Waals surface area contributed by atoms with E-state index in [1.165, 1.54) is 0 Å². The van der Waals surface area contributed by atoms with Crippen LogP contribution < -0.4 is 0 Å². The predicted molar refractivity (Wildman–Crippen MR) is 71.8 cm³/mol. The molecule has 0 aliphatic rings. The molecular weight excluding hydrogens is 250 g/mol. The summed E-state index contributed by atoms with van der Waals surface area (Å²) in [4.78, 5) is 4.12. The monoisotopic (exact) mass is 265 g/mol. The summed E-state index contributed by atoms with van der Waals surface area (Å²) in [6.45, 7) is 4.10. The first-order valence-electron chi connectivity index (χ1n) is 5.83. The topological polar surface area (TPSA) is 47.9 Å². The van der Waals surface area contributed by atoms with Gasteiger partial charge >= 0.3 is 0 Å². The lowest BCUT2D eigenvalue weighted by molar-refractivity contribution is 0.0156. The molecule has 0 atom stereocenters. The van der Waals surface area contributed by atoms with E-state index in [2.05, 4.69) is 29.0 Å². The molecule has 0 fully saturated rings. The summed E-state index contributed by atoms with van der Waals surface area (Å²) in [6.07, 6.45) is 5.14. The van der Waals surface area contributed by atoms with Gasteiger partial charge in [-0.1, -0.05) is 11.6 Å². The standard InChI is InChI=1S/C13H16ClN3O/c1-13(2,18-3)6-4-11-10-8-15-7-5-9(10)12(14)17-16-11/h5,7-8H,4,6H2,1-3H3. The lowest BCUT2D eigenvalue weighted by atomic mass is 9.99. The Labute approximate surface area is 111 Å².